The van der Waals surface area contributed by atoms with Crippen molar-refractivity contribution >= 4 is 15.7 Å². The number of fused-ring (bicyclic) bond motifs is 1. The van der Waals surface area contributed by atoms with Crippen LogP contribution in [0.15, 0.2) is 48.5 Å². The maximum Gasteiger partial charge on any atom is 0.229 e. The third-order valence-corrected chi connectivity index (χ3v) is 5.42. The maximum atomic E-state index is 11.2. The highest BCUT2D eigenvalue weighted by atomic mass is 32.2. The minimum atomic E-state index is -3.28. The van der Waals surface area contributed by atoms with Gasteiger partial charge in [0, 0.05) is 12.2 Å². The zero-order valence-electron chi connectivity index (χ0n) is 15.0. The van der Waals surface area contributed by atoms with Crippen LogP contribution in [-0.4, -0.2) is 32.9 Å². The normalized spacial score (nSPS) is 18.2. The number of anilines is 1. The van der Waals surface area contributed by atoms with Crippen molar-refractivity contribution in [2.24, 2.45) is 5.92 Å². The Labute approximate surface area is 155 Å². The number of nitrogens with one attached hydrogen (secondary N) is 2. The van der Waals surface area contributed by atoms with Crippen molar-refractivity contribution in [2.75, 3.05) is 24.1 Å². The molecule has 2 aromatic carbocycles. The van der Waals surface area contributed by atoms with Crippen LogP contribution in [0.1, 0.15) is 29.2 Å². The molecule has 5 nitrogen and oxygen atoms in total. The predicted molar refractivity (Wildman–Crippen MR) is 105 cm³/mol. The molecule has 0 bridgehead atoms. The summed E-state index contributed by atoms with van der Waals surface area (Å²) in [6, 6.07) is 15.4. The molecule has 140 valence electrons. The first-order valence-corrected chi connectivity index (χ1v) is 10.8. The first kappa shape index (κ1) is 18.9. The van der Waals surface area contributed by atoms with Gasteiger partial charge in [-0.1, -0.05) is 36.4 Å². The monoisotopic (exact) mass is 374 g/mol. The lowest BCUT2D eigenvalue weighted by Gasteiger charge is -2.25. The largest absolute Gasteiger partial charge is 0.387 e. The lowest BCUT2D eigenvalue weighted by molar-refractivity contribution is 0.172. The molecule has 0 amide bonds. The number of rotatable bonds is 7. The van der Waals surface area contributed by atoms with Gasteiger partial charge in [0.1, 0.15) is 0 Å². The molecule has 3 N–H and O–H groups in total. The zero-order chi connectivity index (χ0) is 18.6. The maximum absolute atomic E-state index is 11.2. The number of aryl methyl sites for hydroxylation is 1. The van der Waals surface area contributed by atoms with Crippen LogP contribution in [0.4, 0.5) is 5.69 Å². The number of aliphatic hydroxyl groups excluding tert-OH is 1. The Morgan fingerprint density at radius 3 is 2.50 bits per heavy atom. The predicted octanol–water partition coefficient (Wildman–Crippen LogP) is 2.49. The molecule has 0 spiro atoms. The second-order valence-electron chi connectivity index (χ2n) is 7.05. The molecule has 1 aliphatic rings. The molecule has 0 aromatic heterocycles. The lowest BCUT2D eigenvalue weighted by atomic mass is 9.84. The summed E-state index contributed by atoms with van der Waals surface area (Å²) in [5.41, 5.74) is 4.18. The summed E-state index contributed by atoms with van der Waals surface area (Å²) in [6.45, 7) is 1.37. The molecule has 26 heavy (non-hydrogen) atoms. The minimum absolute atomic E-state index is 0.483. The fourth-order valence-corrected chi connectivity index (χ4v) is 4.04. The lowest BCUT2D eigenvalue weighted by Crippen LogP contribution is -2.30. The van der Waals surface area contributed by atoms with E-state index in [2.05, 4.69) is 34.3 Å². The Kier molecular flexibility index (Phi) is 5.96. The summed E-state index contributed by atoms with van der Waals surface area (Å²) < 4.78 is 24.9. The Balaban J connectivity index is 1.46. The van der Waals surface area contributed by atoms with E-state index in [1.54, 1.807) is 24.3 Å². The van der Waals surface area contributed by atoms with Crippen molar-refractivity contribution in [1.29, 1.82) is 0 Å². The van der Waals surface area contributed by atoms with Crippen LogP contribution in [0.25, 0.3) is 0 Å². The smallest absolute Gasteiger partial charge is 0.229 e. The molecule has 0 saturated heterocycles. The number of hydrogen-bond donors (Lipinski definition) is 3. The highest BCUT2D eigenvalue weighted by Gasteiger charge is 2.18. The van der Waals surface area contributed by atoms with Gasteiger partial charge in [0.2, 0.25) is 10.0 Å². The van der Waals surface area contributed by atoms with Gasteiger partial charge in [-0.15, -0.1) is 0 Å². The standard InChI is InChI=1S/C20H26N2O3S/c1-26(24,25)22-19-10-8-17(9-11-19)20(23)14-21-13-15-6-7-16-4-2-3-5-18(16)12-15/h2-5,8-11,15,20-23H,6-7,12-14H2,1H3/t15-,20-/m1/s1. The van der Waals surface area contributed by atoms with Crippen molar-refractivity contribution in [1.82, 2.24) is 5.32 Å². The molecular formula is C20H26N2O3S. The summed E-state index contributed by atoms with van der Waals surface area (Å²) in [5.74, 6) is 0.596. The third-order valence-electron chi connectivity index (χ3n) is 4.82. The molecule has 0 radical (unpaired) electrons. The Morgan fingerprint density at radius 2 is 1.81 bits per heavy atom. The van der Waals surface area contributed by atoms with E-state index in [0.717, 1.165) is 31.2 Å². The highest BCUT2D eigenvalue weighted by Crippen LogP contribution is 2.25. The number of benzene rings is 2. The summed E-state index contributed by atoms with van der Waals surface area (Å²) in [4.78, 5) is 0. The number of hydrogen-bond acceptors (Lipinski definition) is 4. The Bertz CT molecular complexity index is 834. The quantitative estimate of drug-likeness (QED) is 0.696. The molecule has 2 aromatic rings. The van der Waals surface area contributed by atoms with E-state index >= 15 is 0 Å². The first-order valence-electron chi connectivity index (χ1n) is 8.94. The van der Waals surface area contributed by atoms with E-state index in [1.165, 1.54) is 17.5 Å². The summed E-state index contributed by atoms with van der Waals surface area (Å²) in [5, 5.41) is 13.7. The Hall–Kier alpha value is -1.89. The fraction of sp³-hybridized carbons (Fsp3) is 0.400. The van der Waals surface area contributed by atoms with Crippen molar-refractivity contribution in [3.8, 4) is 0 Å². The molecule has 3 rings (SSSR count). The summed E-state index contributed by atoms with van der Waals surface area (Å²) in [6.07, 6.45) is 3.89. The van der Waals surface area contributed by atoms with Gasteiger partial charge in [-0.3, -0.25) is 4.72 Å². The zero-order valence-corrected chi connectivity index (χ0v) is 15.8. The molecule has 1 aliphatic carbocycles. The minimum Gasteiger partial charge on any atom is -0.387 e. The summed E-state index contributed by atoms with van der Waals surface area (Å²) in [7, 11) is -3.28. The molecule has 6 heteroatoms. The SMILES string of the molecule is CS(=O)(=O)Nc1ccc([C@H](O)CNC[C@@H]2CCc3ccccc3C2)cc1. The average Bonchev–Trinajstić information content (AvgIpc) is 2.61. The molecule has 0 fully saturated rings. The van der Waals surface area contributed by atoms with Gasteiger partial charge in [0.15, 0.2) is 0 Å². The topological polar surface area (TPSA) is 78.4 Å². The van der Waals surface area contributed by atoms with Crippen molar-refractivity contribution in [3.63, 3.8) is 0 Å². The van der Waals surface area contributed by atoms with Gasteiger partial charge >= 0.3 is 0 Å². The van der Waals surface area contributed by atoms with Crippen LogP contribution < -0.4 is 10.0 Å². The number of aliphatic hydroxyl groups is 1. The fourth-order valence-electron chi connectivity index (χ4n) is 3.48. The van der Waals surface area contributed by atoms with Gasteiger partial charge < -0.3 is 10.4 Å². The molecule has 0 saturated carbocycles. The number of sulfonamides is 1. The van der Waals surface area contributed by atoms with E-state index in [4.69, 9.17) is 0 Å². The van der Waals surface area contributed by atoms with Gasteiger partial charge in [-0.2, -0.15) is 0 Å². The van der Waals surface area contributed by atoms with E-state index in [9.17, 15) is 13.5 Å². The van der Waals surface area contributed by atoms with Gasteiger partial charge in [-0.25, -0.2) is 8.42 Å². The van der Waals surface area contributed by atoms with Crippen LogP contribution in [0.2, 0.25) is 0 Å². The van der Waals surface area contributed by atoms with Crippen LogP contribution in [0, 0.1) is 5.92 Å². The Morgan fingerprint density at radius 1 is 1.12 bits per heavy atom. The van der Waals surface area contributed by atoms with E-state index in [1.807, 2.05) is 0 Å². The van der Waals surface area contributed by atoms with Gasteiger partial charge in [0.25, 0.3) is 0 Å². The average molecular weight is 375 g/mol. The van der Waals surface area contributed by atoms with E-state index in [-0.39, 0.29) is 0 Å². The van der Waals surface area contributed by atoms with Crippen LogP contribution in [0.3, 0.4) is 0 Å². The van der Waals surface area contributed by atoms with E-state index < -0.39 is 16.1 Å². The van der Waals surface area contributed by atoms with Crippen molar-refractivity contribution in [3.05, 3.63) is 65.2 Å². The molecular weight excluding hydrogens is 348 g/mol. The molecule has 0 heterocycles. The van der Waals surface area contributed by atoms with Crippen LogP contribution >= 0.6 is 0 Å². The van der Waals surface area contributed by atoms with Gasteiger partial charge in [-0.05, 0) is 60.5 Å². The highest BCUT2D eigenvalue weighted by molar-refractivity contribution is 7.92. The van der Waals surface area contributed by atoms with Crippen LogP contribution in [-0.2, 0) is 22.9 Å². The summed E-state index contributed by atoms with van der Waals surface area (Å²) >= 11 is 0. The molecule has 0 unspecified atom stereocenters. The third kappa shape index (κ3) is 5.30. The first-order chi connectivity index (χ1) is 12.4. The molecule has 0 aliphatic heterocycles. The van der Waals surface area contributed by atoms with E-state index in [0.29, 0.717) is 18.2 Å². The van der Waals surface area contributed by atoms with Gasteiger partial charge in [0.05, 0.1) is 12.4 Å². The second kappa shape index (κ2) is 8.20. The van der Waals surface area contributed by atoms with Crippen LogP contribution in [0.5, 0.6) is 0 Å². The van der Waals surface area contributed by atoms with Crippen molar-refractivity contribution < 1.29 is 13.5 Å². The van der Waals surface area contributed by atoms with Crippen molar-refractivity contribution in [2.45, 2.75) is 25.4 Å². The second-order valence-corrected chi connectivity index (χ2v) is 8.80. The molecule has 2 atom stereocenters.